The van der Waals surface area contributed by atoms with Crippen molar-refractivity contribution in [2.24, 2.45) is 0 Å². The van der Waals surface area contributed by atoms with E-state index in [-0.39, 0.29) is 17.6 Å². The largest absolute Gasteiger partial charge is 0.870 e. The Balaban J connectivity index is 0.00000338. The standard InChI is InChI=1S/C18H17BrN2O4.H2O/c1-25-14-8-5-12(6-9-14)3-2-4-17(22)18(23)20-13-7-10-15(19)16(11-13)21-24;/h5-11H,2-4H2,1H3,(H,20,23);1H2. The van der Waals surface area contributed by atoms with E-state index in [1.54, 1.807) is 24.4 Å². The molecule has 26 heavy (non-hydrogen) atoms. The predicted molar refractivity (Wildman–Crippen MR) is 99.6 cm³/mol. The highest BCUT2D eigenvalue weighted by molar-refractivity contribution is 9.10. The van der Waals surface area contributed by atoms with Gasteiger partial charge in [-0.3, -0.25) is 9.59 Å². The Morgan fingerprint density at radius 3 is 2.46 bits per heavy atom. The summed E-state index contributed by atoms with van der Waals surface area (Å²) in [5.74, 6) is -0.400. The van der Waals surface area contributed by atoms with Gasteiger partial charge in [-0.25, -0.2) is 0 Å². The monoisotopic (exact) mass is 422 g/mol. The first kappa shape index (κ1) is 21.5. The van der Waals surface area contributed by atoms with Crippen molar-refractivity contribution in [2.45, 2.75) is 19.3 Å². The summed E-state index contributed by atoms with van der Waals surface area (Å²) < 4.78 is 5.67. The molecule has 0 atom stereocenters. The summed E-state index contributed by atoms with van der Waals surface area (Å²) in [5, 5.41) is 4.26. The molecule has 138 valence electrons. The molecule has 0 saturated carbocycles. The van der Waals surface area contributed by atoms with Crippen LogP contribution < -0.4 is 15.2 Å². The number of nitroso groups, excluding NO2 is 1. The molecule has 0 aliphatic heterocycles. The Morgan fingerprint density at radius 2 is 1.85 bits per heavy atom. The smallest absolute Gasteiger partial charge is 0.291 e. The molecule has 3 N–H and O–H groups in total. The number of amides is 1. The average molecular weight is 423 g/mol. The van der Waals surface area contributed by atoms with Crippen LogP contribution in [0.3, 0.4) is 0 Å². The zero-order chi connectivity index (χ0) is 18.2. The number of ether oxygens (including phenoxy) is 1. The van der Waals surface area contributed by atoms with Crippen LogP contribution in [0.1, 0.15) is 18.4 Å². The number of carbonyl (C=O) groups is 2. The van der Waals surface area contributed by atoms with Crippen LogP contribution in [0.5, 0.6) is 5.75 Å². The number of Topliss-reactive ketones (excluding diaryl/α,β-unsaturated/α-hetero) is 1. The minimum absolute atomic E-state index is 0. The van der Waals surface area contributed by atoms with Gasteiger partial charge in [0.15, 0.2) is 0 Å². The molecule has 0 aliphatic carbocycles. The maximum absolute atomic E-state index is 11.9. The topological polar surface area (TPSA) is 116 Å². The third kappa shape index (κ3) is 6.05. The molecule has 0 bridgehead atoms. The lowest BCUT2D eigenvalue weighted by atomic mass is 10.1. The minimum atomic E-state index is -0.686. The van der Waals surface area contributed by atoms with Gasteiger partial charge in [0.2, 0.25) is 5.78 Å². The number of rotatable bonds is 8. The Kier molecular flexibility index (Phi) is 8.60. The first-order valence-electron chi connectivity index (χ1n) is 7.68. The molecule has 7 nitrogen and oxygen atoms in total. The van der Waals surface area contributed by atoms with Gasteiger partial charge in [-0.2, -0.15) is 0 Å². The van der Waals surface area contributed by atoms with E-state index in [9.17, 15) is 14.5 Å². The Hall–Kier alpha value is -2.58. The van der Waals surface area contributed by atoms with Gasteiger partial charge in [-0.05, 0) is 58.6 Å². The molecule has 0 unspecified atom stereocenters. The number of aryl methyl sites for hydroxylation is 1. The summed E-state index contributed by atoms with van der Waals surface area (Å²) in [6.07, 6.45) is 1.43. The van der Waals surface area contributed by atoms with Gasteiger partial charge in [0, 0.05) is 28.3 Å². The van der Waals surface area contributed by atoms with Crippen LogP contribution in [0, 0.1) is 4.91 Å². The summed E-state index contributed by atoms with van der Waals surface area (Å²) in [7, 11) is 1.60. The minimum Gasteiger partial charge on any atom is -0.870 e. The third-order valence-electron chi connectivity index (χ3n) is 3.62. The molecule has 8 heteroatoms. The number of ketones is 1. The molecular weight excluding hydrogens is 404 g/mol. The summed E-state index contributed by atoms with van der Waals surface area (Å²) in [6, 6.07) is 12.3. The van der Waals surface area contributed by atoms with Crippen molar-refractivity contribution in [1.29, 1.82) is 0 Å². The molecule has 0 aliphatic rings. The van der Waals surface area contributed by atoms with E-state index >= 15 is 0 Å². The zero-order valence-corrected chi connectivity index (χ0v) is 15.7. The van der Waals surface area contributed by atoms with Gasteiger partial charge < -0.3 is 15.5 Å². The van der Waals surface area contributed by atoms with Crippen molar-refractivity contribution >= 4 is 39.0 Å². The van der Waals surface area contributed by atoms with Crippen LogP contribution in [0.2, 0.25) is 0 Å². The number of halogens is 1. The normalized spacial score (nSPS) is 9.77. The maximum Gasteiger partial charge on any atom is 0.291 e. The van der Waals surface area contributed by atoms with E-state index in [1.165, 1.54) is 6.07 Å². The maximum atomic E-state index is 11.9. The Labute approximate surface area is 159 Å². The molecule has 0 saturated heterocycles. The Bertz CT molecular complexity index is 778. The van der Waals surface area contributed by atoms with Gasteiger partial charge in [-0.1, -0.05) is 12.1 Å². The molecule has 1 amide bonds. The first-order chi connectivity index (χ1) is 12.0. The van der Waals surface area contributed by atoms with Gasteiger partial charge >= 0.3 is 0 Å². The second-order valence-electron chi connectivity index (χ2n) is 5.38. The van der Waals surface area contributed by atoms with Gasteiger partial charge in [-0.15, -0.1) is 0 Å². The van der Waals surface area contributed by atoms with Crippen LogP contribution in [-0.4, -0.2) is 24.3 Å². The fourth-order valence-corrected chi connectivity index (χ4v) is 2.57. The highest BCUT2D eigenvalue weighted by Crippen LogP contribution is 2.22. The molecule has 0 fully saturated rings. The van der Waals surface area contributed by atoms with Gasteiger partial charge in [0.25, 0.3) is 11.6 Å². The van der Waals surface area contributed by atoms with E-state index in [2.05, 4.69) is 21.2 Å². The third-order valence-corrected chi connectivity index (χ3v) is 4.31. The molecule has 0 heterocycles. The van der Waals surface area contributed by atoms with Crippen LogP contribution >= 0.6 is 15.9 Å². The summed E-state index contributed by atoms with van der Waals surface area (Å²) in [5.41, 5.74) is 1.74. The number of benzene rings is 2. The van der Waals surface area contributed by atoms with E-state index in [4.69, 9.17) is 4.74 Å². The molecule has 0 aromatic heterocycles. The van der Waals surface area contributed by atoms with Crippen molar-refractivity contribution in [3.8, 4) is 5.75 Å². The van der Waals surface area contributed by atoms with Crippen molar-refractivity contribution in [3.05, 3.63) is 57.4 Å². The van der Waals surface area contributed by atoms with Crippen molar-refractivity contribution in [3.63, 3.8) is 0 Å². The fraction of sp³-hybridized carbons (Fsp3) is 0.222. The van der Waals surface area contributed by atoms with Gasteiger partial charge in [0.1, 0.15) is 5.75 Å². The van der Waals surface area contributed by atoms with Crippen LogP contribution in [0.15, 0.2) is 46.9 Å². The first-order valence-corrected chi connectivity index (χ1v) is 8.47. The van der Waals surface area contributed by atoms with E-state index in [0.717, 1.165) is 11.3 Å². The molecule has 2 aromatic rings. The number of hydrogen-bond acceptors (Lipinski definition) is 5. The SMILES string of the molecule is COc1ccc(CCCC(=O)C(=O)Nc2ccc(Br)c([NH+]=O)c2)cc1.[OH-]. The lowest BCUT2D eigenvalue weighted by Gasteiger charge is -2.05. The molecule has 2 aromatic carbocycles. The molecule has 2 rings (SSSR count). The number of hydrogen-bond donors (Lipinski definition) is 2. The van der Waals surface area contributed by atoms with E-state index < -0.39 is 11.7 Å². The lowest BCUT2D eigenvalue weighted by molar-refractivity contribution is -0.380. The molecule has 0 radical (unpaired) electrons. The summed E-state index contributed by atoms with van der Waals surface area (Å²) in [6.45, 7) is 0. The highest BCUT2D eigenvalue weighted by Gasteiger charge is 2.15. The van der Waals surface area contributed by atoms with Crippen LogP contribution in [0.25, 0.3) is 0 Å². The number of anilines is 1. The van der Waals surface area contributed by atoms with Crippen molar-refractivity contribution in [2.75, 3.05) is 12.4 Å². The Morgan fingerprint density at radius 1 is 1.15 bits per heavy atom. The highest BCUT2D eigenvalue weighted by atomic mass is 79.9. The molecule has 0 spiro atoms. The summed E-state index contributed by atoms with van der Waals surface area (Å²) in [4.78, 5) is 34.6. The fourth-order valence-electron chi connectivity index (χ4n) is 2.24. The van der Waals surface area contributed by atoms with Crippen LogP contribution in [-0.2, 0) is 16.0 Å². The number of carbonyl (C=O) groups excluding carboxylic acids is 2. The predicted octanol–water partition coefficient (Wildman–Crippen LogP) is 2.29. The van der Waals surface area contributed by atoms with Crippen molar-refractivity contribution < 1.29 is 25.0 Å². The summed E-state index contributed by atoms with van der Waals surface area (Å²) >= 11 is 3.20. The second-order valence-corrected chi connectivity index (χ2v) is 6.23. The lowest BCUT2D eigenvalue weighted by Crippen LogP contribution is -2.56. The van der Waals surface area contributed by atoms with Crippen molar-refractivity contribution in [1.82, 2.24) is 0 Å². The van der Waals surface area contributed by atoms with E-state index in [1.807, 2.05) is 24.3 Å². The average Bonchev–Trinajstić information content (AvgIpc) is 2.63. The molecular formula is C18H19BrN2O5. The number of methoxy groups -OCH3 is 1. The van der Waals surface area contributed by atoms with E-state index in [0.29, 0.717) is 23.0 Å². The van der Waals surface area contributed by atoms with Crippen LogP contribution in [0.4, 0.5) is 11.4 Å². The zero-order valence-electron chi connectivity index (χ0n) is 14.1. The number of nitrogens with one attached hydrogen (secondary N) is 2. The second kappa shape index (κ2) is 10.4. The quantitative estimate of drug-likeness (QED) is 0.632. The van der Waals surface area contributed by atoms with Gasteiger partial charge in [0.05, 0.1) is 11.6 Å².